The molecule has 1 aromatic heterocycles. The van der Waals surface area contributed by atoms with Crippen LogP contribution in [0.25, 0.3) is 11.0 Å². The predicted molar refractivity (Wildman–Crippen MR) is 81.3 cm³/mol. The standard InChI is InChI=1S/C16H22N4/c1-4-14(19(5-2)6-3)16-18-13-9-7-8-10-15(13)20(16)12-11-17/h7-10,14H,4-6,12H2,1-3H3. The van der Waals surface area contributed by atoms with Crippen molar-refractivity contribution in [3.63, 3.8) is 0 Å². The summed E-state index contributed by atoms with van der Waals surface area (Å²) in [7, 11) is 0. The monoisotopic (exact) mass is 270 g/mol. The van der Waals surface area contributed by atoms with Crippen LogP contribution in [0.3, 0.4) is 0 Å². The van der Waals surface area contributed by atoms with Crippen molar-refractivity contribution in [3.8, 4) is 6.07 Å². The van der Waals surface area contributed by atoms with Crippen molar-refractivity contribution in [2.24, 2.45) is 0 Å². The quantitative estimate of drug-likeness (QED) is 0.808. The van der Waals surface area contributed by atoms with E-state index >= 15 is 0 Å². The first-order valence-electron chi connectivity index (χ1n) is 7.32. The molecule has 0 N–H and O–H groups in total. The zero-order valence-electron chi connectivity index (χ0n) is 12.5. The fourth-order valence-corrected chi connectivity index (χ4v) is 2.85. The van der Waals surface area contributed by atoms with E-state index < -0.39 is 0 Å². The molecule has 0 aliphatic rings. The zero-order chi connectivity index (χ0) is 14.5. The Balaban J connectivity index is 2.56. The highest BCUT2D eigenvalue weighted by Crippen LogP contribution is 2.27. The van der Waals surface area contributed by atoms with E-state index in [1.54, 1.807) is 0 Å². The van der Waals surface area contributed by atoms with E-state index in [2.05, 4.69) is 36.3 Å². The van der Waals surface area contributed by atoms with Gasteiger partial charge < -0.3 is 4.57 Å². The lowest BCUT2D eigenvalue weighted by atomic mass is 10.1. The van der Waals surface area contributed by atoms with Crippen LogP contribution in [0, 0.1) is 11.3 Å². The van der Waals surface area contributed by atoms with Crippen LogP contribution in [0.15, 0.2) is 24.3 Å². The molecular formula is C16H22N4. The van der Waals surface area contributed by atoms with E-state index in [0.29, 0.717) is 6.54 Å². The number of hydrogen-bond donors (Lipinski definition) is 0. The number of imidazole rings is 1. The fourth-order valence-electron chi connectivity index (χ4n) is 2.85. The minimum absolute atomic E-state index is 0.269. The number of fused-ring (bicyclic) bond motifs is 1. The third-order valence-electron chi connectivity index (χ3n) is 3.85. The number of nitrogens with zero attached hydrogens (tertiary/aromatic N) is 4. The van der Waals surface area contributed by atoms with Crippen molar-refractivity contribution in [2.75, 3.05) is 13.1 Å². The van der Waals surface area contributed by atoms with Crippen molar-refractivity contribution in [1.82, 2.24) is 14.5 Å². The predicted octanol–water partition coefficient (Wildman–Crippen LogP) is 3.35. The molecule has 0 spiro atoms. The summed E-state index contributed by atoms with van der Waals surface area (Å²) in [4.78, 5) is 7.19. The Hall–Kier alpha value is -1.86. The maximum atomic E-state index is 9.12. The molecule has 1 atom stereocenters. The van der Waals surface area contributed by atoms with Gasteiger partial charge in [0, 0.05) is 0 Å². The maximum Gasteiger partial charge on any atom is 0.128 e. The molecule has 1 aromatic carbocycles. The molecule has 0 aliphatic carbocycles. The lowest BCUT2D eigenvalue weighted by Crippen LogP contribution is -2.30. The van der Waals surface area contributed by atoms with Crippen LogP contribution >= 0.6 is 0 Å². The summed E-state index contributed by atoms with van der Waals surface area (Å²) in [5, 5.41) is 9.12. The molecule has 0 saturated carbocycles. The highest BCUT2D eigenvalue weighted by atomic mass is 15.2. The average molecular weight is 270 g/mol. The highest BCUT2D eigenvalue weighted by Gasteiger charge is 2.22. The van der Waals surface area contributed by atoms with E-state index in [1.807, 2.05) is 24.3 Å². The second kappa shape index (κ2) is 6.53. The summed E-state index contributed by atoms with van der Waals surface area (Å²) < 4.78 is 2.06. The van der Waals surface area contributed by atoms with Crippen molar-refractivity contribution in [3.05, 3.63) is 30.1 Å². The lowest BCUT2D eigenvalue weighted by molar-refractivity contribution is 0.201. The first-order chi connectivity index (χ1) is 9.76. The molecule has 4 heteroatoms. The van der Waals surface area contributed by atoms with Gasteiger partial charge in [-0.25, -0.2) is 4.98 Å². The molecule has 106 valence electrons. The molecule has 20 heavy (non-hydrogen) atoms. The van der Waals surface area contributed by atoms with Gasteiger partial charge >= 0.3 is 0 Å². The second-order valence-electron chi connectivity index (χ2n) is 4.85. The van der Waals surface area contributed by atoms with Crippen LogP contribution in [0.1, 0.15) is 39.1 Å². The van der Waals surface area contributed by atoms with Crippen molar-refractivity contribution in [1.29, 1.82) is 5.26 Å². The number of benzene rings is 1. The molecule has 0 saturated heterocycles. The normalized spacial score (nSPS) is 12.8. The SMILES string of the molecule is CCC(c1nc2ccccc2n1CC#N)N(CC)CC. The van der Waals surface area contributed by atoms with Crippen LogP contribution in [-0.2, 0) is 6.54 Å². The summed E-state index contributed by atoms with van der Waals surface area (Å²) in [6, 6.07) is 10.6. The van der Waals surface area contributed by atoms with Crippen molar-refractivity contribution < 1.29 is 0 Å². The molecule has 1 unspecified atom stereocenters. The molecule has 0 fully saturated rings. The van der Waals surface area contributed by atoms with Gasteiger partial charge in [-0.2, -0.15) is 5.26 Å². The van der Waals surface area contributed by atoms with Gasteiger partial charge in [0.1, 0.15) is 12.4 Å². The molecule has 4 nitrogen and oxygen atoms in total. The second-order valence-corrected chi connectivity index (χ2v) is 4.85. The maximum absolute atomic E-state index is 9.12. The Labute approximate surface area is 120 Å². The fraction of sp³-hybridized carbons (Fsp3) is 0.500. The van der Waals surface area contributed by atoms with Crippen LogP contribution in [0.2, 0.25) is 0 Å². The summed E-state index contributed by atoms with van der Waals surface area (Å²) in [6.45, 7) is 8.86. The van der Waals surface area contributed by atoms with Gasteiger partial charge in [0.25, 0.3) is 0 Å². The topological polar surface area (TPSA) is 44.9 Å². The molecule has 0 amide bonds. The first kappa shape index (κ1) is 14.5. The van der Waals surface area contributed by atoms with Crippen LogP contribution < -0.4 is 0 Å². The van der Waals surface area contributed by atoms with E-state index in [0.717, 1.165) is 36.4 Å². The van der Waals surface area contributed by atoms with Gasteiger partial charge in [-0.05, 0) is 31.6 Å². The highest BCUT2D eigenvalue weighted by molar-refractivity contribution is 5.76. The Kier molecular flexibility index (Phi) is 4.75. The Morgan fingerprint density at radius 2 is 1.95 bits per heavy atom. The van der Waals surface area contributed by atoms with E-state index in [9.17, 15) is 0 Å². The molecule has 2 rings (SSSR count). The largest absolute Gasteiger partial charge is 0.313 e. The smallest absolute Gasteiger partial charge is 0.128 e. The first-order valence-corrected chi connectivity index (χ1v) is 7.32. The van der Waals surface area contributed by atoms with E-state index in [1.165, 1.54) is 0 Å². The molecule has 0 radical (unpaired) electrons. The lowest BCUT2D eigenvalue weighted by Gasteiger charge is -2.28. The van der Waals surface area contributed by atoms with Crippen molar-refractivity contribution in [2.45, 2.75) is 39.8 Å². The average Bonchev–Trinajstić information content (AvgIpc) is 2.84. The number of para-hydroxylation sites is 2. The van der Waals surface area contributed by atoms with Crippen LogP contribution in [-0.4, -0.2) is 27.5 Å². The summed E-state index contributed by atoms with van der Waals surface area (Å²) in [6.07, 6.45) is 0.996. The zero-order valence-corrected chi connectivity index (χ0v) is 12.5. The minimum atomic E-state index is 0.269. The Bertz CT molecular complexity index is 604. The summed E-state index contributed by atoms with van der Waals surface area (Å²) in [5.41, 5.74) is 2.03. The van der Waals surface area contributed by atoms with Crippen molar-refractivity contribution >= 4 is 11.0 Å². The van der Waals surface area contributed by atoms with Crippen LogP contribution in [0.5, 0.6) is 0 Å². The Morgan fingerprint density at radius 1 is 1.25 bits per heavy atom. The minimum Gasteiger partial charge on any atom is -0.313 e. The van der Waals surface area contributed by atoms with E-state index in [4.69, 9.17) is 10.2 Å². The third-order valence-corrected chi connectivity index (χ3v) is 3.85. The molecule has 0 bridgehead atoms. The molecular weight excluding hydrogens is 248 g/mol. The summed E-state index contributed by atoms with van der Waals surface area (Å²) in [5.74, 6) is 1.01. The van der Waals surface area contributed by atoms with Gasteiger partial charge in [0.2, 0.25) is 0 Å². The molecule has 1 heterocycles. The van der Waals surface area contributed by atoms with Gasteiger partial charge in [-0.3, -0.25) is 4.90 Å². The number of aromatic nitrogens is 2. The van der Waals surface area contributed by atoms with E-state index in [-0.39, 0.29) is 6.04 Å². The third kappa shape index (κ3) is 2.54. The molecule has 2 aromatic rings. The number of hydrogen-bond acceptors (Lipinski definition) is 3. The van der Waals surface area contributed by atoms with Crippen LogP contribution in [0.4, 0.5) is 0 Å². The van der Waals surface area contributed by atoms with Gasteiger partial charge in [-0.1, -0.05) is 32.9 Å². The summed E-state index contributed by atoms with van der Waals surface area (Å²) >= 11 is 0. The number of nitriles is 1. The Morgan fingerprint density at radius 3 is 2.55 bits per heavy atom. The molecule has 0 aliphatic heterocycles. The van der Waals surface area contributed by atoms with Gasteiger partial charge in [0.05, 0.1) is 23.1 Å². The van der Waals surface area contributed by atoms with Gasteiger partial charge in [0.15, 0.2) is 0 Å². The number of rotatable bonds is 6. The van der Waals surface area contributed by atoms with Gasteiger partial charge in [-0.15, -0.1) is 0 Å².